The molecule has 0 spiro atoms. The average molecular weight is 370 g/mol. The van der Waals surface area contributed by atoms with Crippen molar-refractivity contribution in [3.05, 3.63) is 96.2 Å². The number of carbonyl (C=O) groups excluding carboxylic acids is 2. The van der Waals surface area contributed by atoms with Crippen LogP contribution in [0.25, 0.3) is 10.9 Å². The summed E-state index contributed by atoms with van der Waals surface area (Å²) < 4.78 is 5.74. The van der Waals surface area contributed by atoms with E-state index in [-0.39, 0.29) is 6.54 Å². The second-order valence-electron chi connectivity index (χ2n) is 6.32. The number of H-pyrrole nitrogens is 1. The van der Waals surface area contributed by atoms with Crippen molar-refractivity contribution in [3.8, 4) is 11.5 Å². The van der Waals surface area contributed by atoms with Crippen LogP contribution in [0.2, 0.25) is 0 Å². The summed E-state index contributed by atoms with van der Waals surface area (Å²) in [6, 6.07) is 24.3. The Balaban J connectivity index is 1.37. The van der Waals surface area contributed by atoms with Crippen molar-refractivity contribution in [2.75, 3.05) is 0 Å². The fourth-order valence-corrected chi connectivity index (χ4v) is 2.94. The number of aromatic amines is 1. The summed E-state index contributed by atoms with van der Waals surface area (Å²) in [5.74, 6) is 0.278. The fraction of sp³-hybridized carbons (Fsp3) is 0.0435. The summed E-state index contributed by atoms with van der Waals surface area (Å²) in [5, 5.41) is 3.42. The lowest BCUT2D eigenvalue weighted by molar-refractivity contribution is -0.117. The van der Waals surface area contributed by atoms with E-state index in [1.54, 1.807) is 6.20 Å². The highest BCUT2D eigenvalue weighted by Gasteiger charge is 2.19. The Morgan fingerprint density at radius 3 is 2.29 bits per heavy atom. The largest absolute Gasteiger partial charge is 0.457 e. The molecule has 0 radical (unpaired) electrons. The van der Waals surface area contributed by atoms with Crippen LogP contribution in [0.4, 0.5) is 0 Å². The van der Waals surface area contributed by atoms with Crippen LogP contribution in [0, 0.1) is 0 Å². The third kappa shape index (κ3) is 3.78. The first kappa shape index (κ1) is 17.5. The molecule has 28 heavy (non-hydrogen) atoms. The number of aromatic nitrogens is 1. The maximum absolute atomic E-state index is 12.4. The summed E-state index contributed by atoms with van der Waals surface area (Å²) in [7, 11) is 0. The molecule has 138 valence electrons. The zero-order chi connectivity index (χ0) is 19.3. The van der Waals surface area contributed by atoms with Crippen molar-refractivity contribution < 1.29 is 14.3 Å². The van der Waals surface area contributed by atoms with E-state index in [1.807, 2.05) is 78.9 Å². The molecular weight excluding hydrogens is 352 g/mol. The lowest BCUT2D eigenvalue weighted by Gasteiger charge is -2.07. The van der Waals surface area contributed by atoms with Crippen molar-refractivity contribution in [1.29, 1.82) is 0 Å². The molecule has 0 unspecified atom stereocenters. The zero-order valence-electron chi connectivity index (χ0n) is 15.0. The molecule has 0 bridgehead atoms. The smallest absolute Gasteiger partial charge is 0.292 e. The Morgan fingerprint density at radius 2 is 1.50 bits per heavy atom. The van der Waals surface area contributed by atoms with E-state index in [1.165, 1.54) is 0 Å². The van der Waals surface area contributed by atoms with Crippen LogP contribution in [-0.2, 0) is 11.3 Å². The number of Topliss-reactive ketones (excluding diaryl/α,β-unsaturated/α-hetero) is 1. The highest BCUT2D eigenvalue weighted by molar-refractivity contribution is 6.44. The van der Waals surface area contributed by atoms with Crippen LogP contribution in [-0.4, -0.2) is 16.7 Å². The molecule has 0 saturated heterocycles. The minimum Gasteiger partial charge on any atom is -0.457 e. The Hall–Kier alpha value is -3.86. The standard InChI is InChI=1S/C23H18N2O3/c26-22(20-15-24-21-9-5-4-8-19(20)21)23(27)25-14-16-10-12-18(13-11-16)28-17-6-2-1-3-7-17/h1-13,15,24H,14H2,(H,25,27). The summed E-state index contributed by atoms with van der Waals surface area (Å²) in [6.07, 6.45) is 1.57. The maximum Gasteiger partial charge on any atom is 0.292 e. The number of para-hydroxylation sites is 2. The van der Waals surface area contributed by atoms with Crippen molar-refractivity contribution in [2.24, 2.45) is 0 Å². The quantitative estimate of drug-likeness (QED) is 0.389. The predicted molar refractivity (Wildman–Crippen MR) is 107 cm³/mol. The van der Waals surface area contributed by atoms with Gasteiger partial charge in [-0.3, -0.25) is 9.59 Å². The third-order valence-corrected chi connectivity index (χ3v) is 4.40. The molecule has 1 heterocycles. The SMILES string of the molecule is O=C(NCc1ccc(Oc2ccccc2)cc1)C(=O)c1c[nH]c2ccccc12. The molecular formula is C23H18N2O3. The van der Waals surface area contributed by atoms with E-state index in [4.69, 9.17) is 4.74 Å². The Kier molecular flexibility index (Phi) is 4.89. The second-order valence-corrected chi connectivity index (χ2v) is 6.32. The number of carbonyl (C=O) groups is 2. The highest BCUT2D eigenvalue weighted by atomic mass is 16.5. The first-order chi connectivity index (χ1) is 13.7. The molecule has 5 nitrogen and oxygen atoms in total. The van der Waals surface area contributed by atoms with Gasteiger partial charge in [-0.15, -0.1) is 0 Å². The number of nitrogens with one attached hydrogen (secondary N) is 2. The number of amides is 1. The number of fused-ring (bicyclic) bond motifs is 1. The molecule has 2 N–H and O–H groups in total. The molecule has 0 aliphatic rings. The van der Waals surface area contributed by atoms with Crippen LogP contribution in [0.15, 0.2) is 85.1 Å². The monoisotopic (exact) mass is 370 g/mol. The first-order valence-corrected chi connectivity index (χ1v) is 8.91. The van der Waals surface area contributed by atoms with E-state index in [9.17, 15) is 9.59 Å². The van der Waals surface area contributed by atoms with Crippen LogP contribution >= 0.6 is 0 Å². The van der Waals surface area contributed by atoms with Gasteiger partial charge in [0.2, 0.25) is 0 Å². The van der Waals surface area contributed by atoms with Gasteiger partial charge in [0.1, 0.15) is 11.5 Å². The van der Waals surface area contributed by atoms with Crippen LogP contribution in [0.1, 0.15) is 15.9 Å². The Bertz CT molecular complexity index is 1120. The first-order valence-electron chi connectivity index (χ1n) is 8.91. The Morgan fingerprint density at radius 1 is 0.821 bits per heavy atom. The number of hydrogen-bond donors (Lipinski definition) is 2. The van der Waals surface area contributed by atoms with Gasteiger partial charge < -0.3 is 15.0 Å². The molecule has 0 fully saturated rings. The zero-order valence-corrected chi connectivity index (χ0v) is 15.0. The van der Waals surface area contributed by atoms with Crippen molar-refractivity contribution in [2.45, 2.75) is 6.54 Å². The highest BCUT2D eigenvalue weighted by Crippen LogP contribution is 2.21. The molecule has 5 heteroatoms. The average Bonchev–Trinajstić information content (AvgIpc) is 3.17. The third-order valence-electron chi connectivity index (χ3n) is 4.40. The maximum atomic E-state index is 12.4. The topological polar surface area (TPSA) is 71.2 Å². The minimum atomic E-state index is -0.630. The van der Waals surface area contributed by atoms with E-state index < -0.39 is 11.7 Å². The van der Waals surface area contributed by atoms with Gasteiger partial charge in [0.25, 0.3) is 11.7 Å². The van der Waals surface area contributed by atoms with E-state index in [2.05, 4.69) is 10.3 Å². The summed E-state index contributed by atoms with van der Waals surface area (Å²) in [6.45, 7) is 0.262. The van der Waals surface area contributed by atoms with Crippen molar-refractivity contribution in [3.63, 3.8) is 0 Å². The van der Waals surface area contributed by atoms with Gasteiger partial charge in [-0.05, 0) is 35.9 Å². The lowest BCUT2D eigenvalue weighted by atomic mass is 10.1. The van der Waals surface area contributed by atoms with E-state index in [0.29, 0.717) is 11.3 Å². The second kappa shape index (κ2) is 7.80. The predicted octanol–water partition coefficient (Wildman–Crippen LogP) is 4.46. The summed E-state index contributed by atoms with van der Waals surface area (Å²) >= 11 is 0. The molecule has 1 aromatic heterocycles. The Labute approximate surface area is 162 Å². The van der Waals surface area contributed by atoms with Crippen LogP contribution < -0.4 is 10.1 Å². The van der Waals surface area contributed by atoms with Gasteiger partial charge in [-0.2, -0.15) is 0 Å². The van der Waals surface area contributed by atoms with Crippen LogP contribution in [0.3, 0.4) is 0 Å². The van der Waals surface area contributed by atoms with Crippen molar-refractivity contribution >= 4 is 22.6 Å². The van der Waals surface area contributed by atoms with Gasteiger partial charge in [0, 0.05) is 23.6 Å². The normalized spacial score (nSPS) is 10.6. The van der Waals surface area contributed by atoms with Gasteiger partial charge in [-0.25, -0.2) is 0 Å². The summed E-state index contributed by atoms with van der Waals surface area (Å²) in [4.78, 5) is 27.7. The number of benzene rings is 3. The molecule has 0 saturated carbocycles. The molecule has 0 aliphatic heterocycles. The number of hydrogen-bond acceptors (Lipinski definition) is 3. The van der Waals surface area contributed by atoms with E-state index in [0.717, 1.165) is 22.2 Å². The van der Waals surface area contributed by atoms with Gasteiger partial charge in [0.15, 0.2) is 0 Å². The van der Waals surface area contributed by atoms with Crippen LogP contribution in [0.5, 0.6) is 11.5 Å². The summed E-state index contributed by atoms with van der Waals surface area (Å²) in [5.41, 5.74) is 2.08. The number of rotatable bonds is 6. The van der Waals surface area contributed by atoms with Gasteiger partial charge in [-0.1, -0.05) is 48.5 Å². The molecule has 0 aliphatic carbocycles. The molecule has 3 aromatic carbocycles. The number of ether oxygens (including phenoxy) is 1. The van der Waals surface area contributed by atoms with Gasteiger partial charge >= 0.3 is 0 Å². The molecule has 4 aromatic rings. The van der Waals surface area contributed by atoms with Crippen molar-refractivity contribution in [1.82, 2.24) is 10.3 Å². The minimum absolute atomic E-state index is 0.262. The lowest BCUT2D eigenvalue weighted by Crippen LogP contribution is -2.30. The molecule has 0 atom stereocenters. The van der Waals surface area contributed by atoms with Gasteiger partial charge in [0.05, 0.1) is 5.56 Å². The fourth-order valence-electron chi connectivity index (χ4n) is 2.94. The molecule has 4 rings (SSSR count). The molecule has 1 amide bonds. The van der Waals surface area contributed by atoms with E-state index >= 15 is 0 Å². The number of ketones is 1.